The molecule has 0 fully saturated rings. The van der Waals surface area contributed by atoms with Gasteiger partial charge in [-0.1, -0.05) is 11.6 Å². The third-order valence-corrected chi connectivity index (χ3v) is 5.37. The van der Waals surface area contributed by atoms with Crippen molar-refractivity contribution in [3.05, 3.63) is 58.9 Å². The average Bonchev–Trinajstić information content (AvgIpc) is 2.58. The van der Waals surface area contributed by atoms with Gasteiger partial charge < -0.3 is 5.32 Å². The maximum atomic E-state index is 13.1. The minimum absolute atomic E-state index is 0.0355. The van der Waals surface area contributed by atoms with E-state index in [0.29, 0.717) is 5.56 Å². The Morgan fingerprint density at radius 1 is 1.28 bits per heavy atom. The lowest BCUT2D eigenvalue weighted by atomic mass is 10.2. The van der Waals surface area contributed by atoms with Crippen molar-refractivity contribution in [3.63, 3.8) is 0 Å². The summed E-state index contributed by atoms with van der Waals surface area (Å²) in [7, 11) is -2.63. The maximum absolute atomic E-state index is 13.1. The molecule has 0 heterocycles. The van der Waals surface area contributed by atoms with Crippen molar-refractivity contribution < 1.29 is 17.6 Å². The van der Waals surface area contributed by atoms with Crippen LogP contribution in [-0.2, 0) is 14.8 Å². The van der Waals surface area contributed by atoms with Crippen LogP contribution in [0.5, 0.6) is 0 Å². The number of carbonyl (C=O) groups is 1. The minimum atomic E-state index is -3.89. The van der Waals surface area contributed by atoms with Gasteiger partial charge in [0, 0.05) is 12.7 Å². The molecule has 0 saturated heterocycles. The lowest BCUT2D eigenvalue weighted by molar-refractivity contribution is -0.116. The number of nitriles is 1. The van der Waals surface area contributed by atoms with Crippen molar-refractivity contribution in [2.24, 2.45) is 0 Å². The summed E-state index contributed by atoms with van der Waals surface area (Å²) in [5.74, 6) is -1.23. The van der Waals surface area contributed by atoms with Crippen LogP contribution in [0.3, 0.4) is 0 Å². The molecule has 1 amide bonds. The molecule has 1 N–H and O–H groups in total. The summed E-state index contributed by atoms with van der Waals surface area (Å²) in [5, 5.41) is 11.0. The van der Waals surface area contributed by atoms with Crippen molar-refractivity contribution in [2.45, 2.75) is 4.90 Å². The summed E-state index contributed by atoms with van der Waals surface area (Å²) < 4.78 is 38.8. The van der Waals surface area contributed by atoms with Crippen LogP contribution in [0.1, 0.15) is 5.56 Å². The Kier molecular flexibility index (Phi) is 5.74. The number of likely N-dealkylation sites (N-methyl/N-ethyl adjacent to an activating group) is 1. The van der Waals surface area contributed by atoms with Gasteiger partial charge >= 0.3 is 0 Å². The van der Waals surface area contributed by atoms with Crippen LogP contribution in [-0.4, -0.2) is 32.2 Å². The SMILES string of the molecule is CN(CC(=O)Nc1ccc(F)c(Cl)c1)S(=O)(=O)c1ccc(C#N)cc1. The number of hydrogen-bond acceptors (Lipinski definition) is 4. The Morgan fingerprint density at radius 2 is 1.92 bits per heavy atom. The molecule has 130 valence electrons. The monoisotopic (exact) mass is 381 g/mol. The molecule has 0 spiro atoms. The van der Waals surface area contributed by atoms with Gasteiger partial charge in [-0.15, -0.1) is 0 Å². The number of halogens is 2. The van der Waals surface area contributed by atoms with E-state index in [4.69, 9.17) is 16.9 Å². The van der Waals surface area contributed by atoms with Gasteiger partial charge in [-0.2, -0.15) is 9.57 Å². The lowest BCUT2D eigenvalue weighted by Crippen LogP contribution is -2.34. The zero-order valence-corrected chi connectivity index (χ0v) is 14.6. The molecule has 0 atom stereocenters. The van der Waals surface area contributed by atoms with Crippen LogP contribution in [0.25, 0.3) is 0 Å². The van der Waals surface area contributed by atoms with Crippen LogP contribution < -0.4 is 5.32 Å². The van der Waals surface area contributed by atoms with Gasteiger partial charge in [-0.3, -0.25) is 4.79 Å². The summed E-state index contributed by atoms with van der Waals surface area (Å²) in [5.41, 5.74) is 0.577. The quantitative estimate of drug-likeness (QED) is 0.861. The number of hydrogen-bond donors (Lipinski definition) is 1. The second-order valence-corrected chi connectivity index (χ2v) is 7.53. The molecule has 0 radical (unpaired) electrons. The summed E-state index contributed by atoms with van der Waals surface area (Å²) in [6, 6.07) is 10.9. The fourth-order valence-electron chi connectivity index (χ4n) is 1.94. The molecule has 25 heavy (non-hydrogen) atoms. The van der Waals surface area contributed by atoms with Crippen molar-refractivity contribution in [1.82, 2.24) is 4.31 Å². The normalized spacial score (nSPS) is 11.2. The zero-order chi connectivity index (χ0) is 18.6. The molecule has 0 aliphatic carbocycles. The highest BCUT2D eigenvalue weighted by Crippen LogP contribution is 2.20. The smallest absolute Gasteiger partial charge is 0.243 e. The van der Waals surface area contributed by atoms with Crippen LogP contribution >= 0.6 is 11.6 Å². The molecule has 0 unspecified atom stereocenters. The first-order valence-corrected chi connectivity index (χ1v) is 8.77. The molecule has 0 aliphatic heterocycles. The second-order valence-electron chi connectivity index (χ2n) is 5.07. The Balaban J connectivity index is 2.08. The Morgan fingerprint density at radius 3 is 2.48 bits per heavy atom. The molecule has 2 aromatic carbocycles. The van der Waals surface area contributed by atoms with Crippen molar-refractivity contribution in [2.75, 3.05) is 18.9 Å². The van der Waals surface area contributed by atoms with Crippen LogP contribution in [0.4, 0.5) is 10.1 Å². The first-order chi connectivity index (χ1) is 11.7. The van der Waals surface area contributed by atoms with E-state index in [-0.39, 0.29) is 15.6 Å². The van der Waals surface area contributed by atoms with E-state index in [1.165, 1.54) is 43.4 Å². The predicted molar refractivity (Wildman–Crippen MR) is 91.0 cm³/mol. The Bertz CT molecular complexity index is 940. The van der Waals surface area contributed by atoms with Crippen molar-refractivity contribution in [3.8, 4) is 6.07 Å². The summed E-state index contributed by atoms with van der Waals surface area (Å²) in [6.45, 7) is -0.447. The standard InChI is InChI=1S/C16H13ClFN3O3S/c1-21(25(23,24)13-5-2-11(9-19)3-6-13)10-16(22)20-12-4-7-15(18)14(17)8-12/h2-8H,10H2,1H3,(H,20,22). The van der Waals surface area contributed by atoms with Gasteiger partial charge in [0.05, 0.1) is 28.1 Å². The van der Waals surface area contributed by atoms with E-state index in [1.54, 1.807) is 0 Å². The molecular formula is C16H13ClFN3O3S. The highest BCUT2D eigenvalue weighted by atomic mass is 35.5. The first-order valence-electron chi connectivity index (χ1n) is 6.95. The molecule has 6 nitrogen and oxygen atoms in total. The lowest BCUT2D eigenvalue weighted by Gasteiger charge is -2.17. The topological polar surface area (TPSA) is 90.3 Å². The summed E-state index contributed by atoms with van der Waals surface area (Å²) in [4.78, 5) is 12.0. The fourth-order valence-corrected chi connectivity index (χ4v) is 3.25. The average molecular weight is 382 g/mol. The molecule has 0 bridgehead atoms. The molecule has 2 rings (SSSR count). The van der Waals surface area contributed by atoms with Gasteiger partial charge in [-0.25, -0.2) is 12.8 Å². The minimum Gasteiger partial charge on any atom is -0.325 e. The van der Waals surface area contributed by atoms with Crippen LogP contribution in [0.15, 0.2) is 47.4 Å². The zero-order valence-electron chi connectivity index (χ0n) is 13.0. The number of sulfonamides is 1. The van der Waals surface area contributed by atoms with Gasteiger partial charge in [-0.05, 0) is 42.5 Å². The van der Waals surface area contributed by atoms with Crippen LogP contribution in [0, 0.1) is 17.1 Å². The fraction of sp³-hybridized carbons (Fsp3) is 0.125. The van der Waals surface area contributed by atoms with Gasteiger partial charge in [0.25, 0.3) is 0 Å². The number of rotatable bonds is 5. The second kappa shape index (κ2) is 7.61. The molecule has 0 aromatic heterocycles. The third kappa shape index (κ3) is 4.54. The largest absolute Gasteiger partial charge is 0.325 e. The molecule has 0 aliphatic rings. The van der Waals surface area contributed by atoms with Gasteiger partial charge in [0.15, 0.2) is 0 Å². The van der Waals surface area contributed by atoms with E-state index in [9.17, 15) is 17.6 Å². The van der Waals surface area contributed by atoms with E-state index in [1.807, 2.05) is 6.07 Å². The molecule has 0 saturated carbocycles. The molecular weight excluding hydrogens is 369 g/mol. The summed E-state index contributed by atoms with van der Waals surface area (Å²) in [6.07, 6.45) is 0. The van der Waals surface area contributed by atoms with E-state index < -0.39 is 28.3 Å². The Labute approximate surface area is 149 Å². The highest BCUT2D eigenvalue weighted by Gasteiger charge is 2.23. The predicted octanol–water partition coefficient (Wildman–Crippen LogP) is 2.61. The van der Waals surface area contributed by atoms with Crippen molar-refractivity contribution in [1.29, 1.82) is 5.26 Å². The Hall–Kier alpha value is -2.47. The number of amides is 1. The molecule has 9 heteroatoms. The van der Waals surface area contributed by atoms with E-state index >= 15 is 0 Å². The van der Waals surface area contributed by atoms with Gasteiger partial charge in [0.1, 0.15) is 5.82 Å². The third-order valence-electron chi connectivity index (χ3n) is 3.26. The number of benzene rings is 2. The number of nitrogens with one attached hydrogen (secondary N) is 1. The van der Waals surface area contributed by atoms with E-state index in [2.05, 4.69) is 5.32 Å². The first kappa shape index (κ1) is 18.9. The summed E-state index contributed by atoms with van der Waals surface area (Å²) >= 11 is 5.62. The number of carbonyl (C=O) groups excluding carboxylic acids is 1. The number of nitrogens with zero attached hydrogens (tertiary/aromatic N) is 2. The van der Waals surface area contributed by atoms with Gasteiger partial charge in [0.2, 0.25) is 15.9 Å². The van der Waals surface area contributed by atoms with Crippen LogP contribution in [0.2, 0.25) is 5.02 Å². The van der Waals surface area contributed by atoms with E-state index in [0.717, 1.165) is 10.4 Å². The van der Waals surface area contributed by atoms with Crippen molar-refractivity contribution >= 4 is 33.2 Å². The maximum Gasteiger partial charge on any atom is 0.243 e. The highest BCUT2D eigenvalue weighted by molar-refractivity contribution is 7.89. The molecule has 2 aromatic rings. The number of anilines is 1.